The van der Waals surface area contributed by atoms with Crippen molar-refractivity contribution >= 4 is 37.6 Å². The van der Waals surface area contributed by atoms with Gasteiger partial charge in [0.2, 0.25) is 5.91 Å². The van der Waals surface area contributed by atoms with E-state index < -0.39 is 21.6 Å². The highest BCUT2D eigenvalue weighted by Crippen LogP contribution is 2.31. The summed E-state index contributed by atoms with van der Waals surface area (Å²) in [4.78, 5) is 24.6. The van der Waals surface area contributed by atoms with Crippen LogP contribution in [0.15, 0.2) is 51.8 Å². The van der Waals surface area contributed by atoms with Crippen LogP contribution in [0.3, 0.4) is 0 Å². The van der Waals surface area contributed by atoms with Crippen molar-refractivity contribution < 1.29 is 22.4 Å². The smallest absolute Gasteiger partial charge is 0.252 e. The molecule has 0 radical (unpaired) electrons. The zero-order valence-corrected chi connectivity index (χ0v) is 17.1. The number of hydrogen-bond donors (Lipinski definition) is 2. The lowest BCUT2D eigenvalue weighted by Gasteiger charge is -2.26. The fourth-order valence-electron chi connectivity index (χ4n) is 3.06. The number of benzene rings is 2. The summed E-state index contributed by atoms with van der Waals surface area (Å²) in [5.74, 6) is -1.36. The van der Waals surface area contributed by atoms with E-state index in [2.05, 4.69) is 26.6 Å². The molecule has 0 aromatic heterocycles. The van der Waals surface area contributed by atoms with Gasteiger partial charge in [-0.25, -0.2) is 12.8 Å². The molecule has 2 N–H and O–H groups in total. The second-order valence-corrected chi connectivity index (χ2v) is 9.33. The standard InChI is InChI=1S/C19H18BrFN2O4S/c20-15-6-5-12(21)11-14(15)19(25)22-9-7-18(24)23-16-8-10-28(26,27)17-4-2-1-3-13(16)17/h1-6,11,16H,7-10H2,(H,22,25)(H,23,24). The van der Waals surface area contributed by atoms with Gasteiger partial charge < -0.3 is 10.6 Å². The molecule has 1 aliphatic rings. The third-order valence-corrected chi connectivity index (χ3v) is 6.96. The SMILES string of the molecule is O=C(CCNC(=O)c1cc(F)ccc1Br)NC1CCS(=O)(=O)c2ccccc21. The number of fused-ring (bicyclic) bond motifs is 1. The summed E-state index contributed by atoms with van der Waals surface area (Å²) in [6.07, 6.45) is 0.317. The van der Waals surface area contributed by atoms with E-state index >= 15 is 0 Å². The van der Waals surface area contributed by atoms with E-state index in [1.165, 1.54) is 12.1 Å². The predicted octanol–water partition coefficient (Wildman–Crippen LogP) is 2.74. The van der Waals surface area contributed by atoms with Crippen molar-refractivity contribution in [3.63, 3.8) is 0 Å². The van der Waals surface area contributed by atoms with Gasteiger partial charge in [-0.15, -0.1) is 0 Å². The van der Waals surface area contributed by atoms with Crippen molar-refractivity contribution in [2.24, 2.45) is 0 Å². The van der Waals surface area contributed by atoms with E-state index in [1.54, 1.807) is 24.3 Å². The lowest BCUT2D eigenvalue weighted by Crippen LogP contribution is -2.36. The van der Waals surface area contributed by atoms with Crippen molar-refractivity contribution in [2.45, 2.75) is 23.8 Å². The van der Waals surface area contributed by atoms with E-state index in [0.29, 0.717) is 16.5 Å². The first-order chi connectivity index (χ1) is 13.3. The van der Waals surface area contributed by atoms with Gasteiger partial charge in [-0.1, -0.05) is 18.2 Å². The molecule has 1 heterocycles. The molecular formula is C19H18BrFN2O4S. The van der Waals surface area contributed by atoms with Crippen LogP contribution in [0.5, 0.6) is 0 Å². The molecule has 1 unspecified atom stereocenters. The zero-order valence-electron chi connectivity index (χ0n) is 14.7. The average molecular weight is 469 g/mol. The molecule has 2 aromatic carbocycles. The Kier molecular flexibility index (Phi) is 6.14. The van der Waals surface area contributed by atoms with Gasteiger partial charge >= 0.3 is 0 Å². The third kappa shape index (κ3) is 4.59. The minimum Gasteiger partial charge on any atom is -0.351 e. The summed E-state index contributed by atoms with van der Waals surface area (Å²) < 4.78 is 38.0. The first-order valence-electron chi connectivity index (χ1n) is 8.62. The second-order valence-electron chi connectivity index (χ2n) is 6.40. The lowest BCUT2D eigenvalue weighted by atomic mass is 10.0. The Labute approximate surface area is 170 Å². The molecule has 0 aliphatic carbocycles. The Hall–Kier alpha value is -2.26. The second kappa shape index (κ2) is 8.40. The van der Waals surface area contributed by atoms with E-state index in [9.17, 15) is 22.4 Å². The van der Waals surface area contributed by atoms with Crippen LogP contribution in [0.1, 0.15) is 34.8 Å². The number of hydrogen-bond acceptors (Lipinski definition) is 4. The van der Waals surface area contributed by atoms with Crippen LogP contribution in [-0.2, 0) is 14.6 Å². The normalized spacial score (nSPS) is 17.4. The minimum absolute atomic E-state index is 0.0179. The number of carbonyl (C=O) groups is 2. The number of rotatable bonds is 5. The van der Waals surface area contributed by atoms with Gasteiger partial charge in [0.15, 0.2) is 9.84 Å². The van der Waals surface area contributed by atoms with Crippen LogP contribution in [0.25, 0.3) is 0 Å². The monoisotopic (exact) mass is 468 g/mol. The van der Waals surface area contributed by atoms with Crippen molar-refractivity contribution in [2.75, 3.05) is 12.3 Å². The molecule has 2 aromatic rings. The maximum absolute atomic E-state index is 13.3. The highest BCUT2D eigenvalue weighted by molar-refractivity contribution is 9.10. The number of halogens is 2. The largest absolute Gasteiger partial charge is 0.351 e. The van der Waals surface area contributed by atoms with E-state index in [1.807, 2.05) is 0 Å². The summed E-state index contributed by atoms with van der Waals surface area (Å²) in [6.45, 7) is 0.0697. The molecule has 6 nitrogen and oxygen atoms in total. The molecule has 0 bridgehead atoms. The highest BCUT2D eigenvalue weighted by Gasteiger charge is 2.30. The summed E-state index contributed by atoms with van der Waals surface area (Å²) in [6, 6.07) is 10.0. The van der Waals surface area contributed by atoms with Crippen LogP contribution >= 0.6 is 15.9 Å². The number of amides is 2. The van der Waals surface area contributed by atoms with E-state index in [0.717, 1.165) is 6.07 Å². The molecule has 0 saturated heterocycles. The molecule has 0 fully saturated rings. The Morgan fingerprint density at radius 3 is 2.71 bits per heavy atom. The predicted molar refractivity (Wildman–Crippen MR) is 105 cm³/mol. The molecule has 28 heavy (non-hydrogen) atoms. The van der Waals surface area contributed by atoms with Crippen LogP contribution in [0, 0.1) is 5.82 Å². The Bertz CT molecular complexity index is 1030. The number of sulfone groups is 1. The van der Waals surface area contributed by atoms with Gasteiger partial charge in [0.1, 0.15) is 5.82 Å². The van der Waals surface area contributed by atoms with Crippen molar-refractivity contribution in [1.82, 2.24) is 10.6 Å². The van der Waals surface area contributed by atoms with Crippen molar-refractivity contribution in [3.05, 3.63) is 63.9 Å². The van der Waals surface area contributed by atoms with Gasteiger partial charge in [0, 0.05) is 17.4 Å². The molecular weight excluding hydrogens is 451 g/mol. The van der Waals surface area contributed by atoms with Crippen LogP contribution in [0.4, 0.5) is 4.39 Å². The maximum atomic E-state index is 13.3. The minimum atomic E-state index is -3.32. The lowest BCUT2D eigenvalue weighted by molar-refractivity contribution is -0.121. The number of carbonyl (C=O) groups excluding carboxylic acids is 2. The van der Waals surface area contributed by atoms with Gasteiger partial charge in [0.25, 0.3) is 5.91 Å². The fraction of sp³-hybridized carbons (Fsp3) is 0.263. The molecule has 9 heteroatoms. The van der Waals surface area contributed by atoms with Crippen molar-refractivity contribution in [3.8, 4) is 0 Å². The average Bonchev–Trinajstić information content (AvgIpc) is 2.66. The van der Waals surface area contributed by atoms with Crippen molar-refractivity contribution in [1.29, 1.82) is 0 Å². The summed E-state index contributed by atoms with van der Waals surface area (Å²) >= 11 is 3.19. The fourth-order valence-corrected chi connectivity index (χ4v) is 5.11. The maximum Gasteiger partial charge on any atom is 0.252 e. The summed E-state index contributed by atoms with van der Waals surface area (Å²) in [7, 11) is -3.32. The zero-order chi connectivity index (χ0) is 20.3. The van der Waals surface area contributed by atoms with Gasteiger partial charge in [-0.3, -0.25) is 9.59 Å². The molecule has 0 spiro atoms. The van der Waals surface area contributed by atoms with Gasteiger partial charge in [-0.2, -0.15) is 0 Å². The molecule has 1 aliphatic heterocycles. The first kappa shape index (κ1) is 20.5. The van der Waals surface area contributed by atoms with E-state index in [-0.39, 0.29) is 41.1 Å². The Morgan fingerprint density at radius 2 is 1.93 bits per heavy atom. The van der Waals surface area contributed by atoms with Crippen LogP contribution in [0.2, 0.25) is 0 Å². The topological polar surface area (TPSA) is 92.3 Å². The molecule has 2 amide bonds. The summed E-state index contributed by atoms with van der Waals surface area (Å²) in [5.41, 5.74) is 0.724. The summed E-state index contributed by atoms with van der Waals surface area (Å²) in [5, 5.41) is 5.40. The first-order valence-corrected chi connectivity index (χ1v) is 11.1. The molecule has 3 rings (SSSR count). The number of nitrogens with one attached hydrogen (secondary N) is 2. The van der Waals surface area contributed by atoms with Crippen LogP contribution in [-0.4, -0.2) is 32.5 Å². The highest BCUT2D eigenvalue weighted by atomic mass is 79.9. The molecule has 148 valence electrons. The Morgan fingerprint density at radius 1 is 1.18 bits per heavy atom. The van der Waals surface area contributed by atoms with E-state index in [4.69, 9.17) is 0 Å². The molecule has 1 atom stereocenters. The molecule has 0 saturated carbocycles. The van der Waals surface area contributed by atoms with Gasteiger partial charge in [-0.05, 0) is 52.2 Å². The third-order valence-electron chi connectivity index (χ3n) is 4.45. The Balaban J connectivity index is 1.57. The van der Waals surface area contributed by atoms with Gasteiger partial charge in [0.05, 0.1) is 22.3 Å². The van der Waals surface area contributed by atoms with Crippen LogP contribution < -0.4 is 10.6 Å². The quantitative estimate of drug-likeness (QED) is 0.705.